The minimum absolute atomic E-state index is 0.0507. The van der Waals surface area contributed by atoms with E-state index in [0.717, 1.165) is 27.7 Å². The number of H-pyrrole nitrogens is 1. The number of ether oxygens (including phenoxy) is 3. The van der Waals surface area contributed by atoms with Crippen LogP contribution in [0, 0.1) is 10.1 Å². The van der Waals surface area contributed by atoms with Crippen LogP contribution in [-0.4, -0.2) is 46.3 Å². The molecule has 6 rings (SSSR count). The lowest BCUT2D eigenvalue weighted by Gasteiger charge is -2.35. The lowest BCUT2D eigenvalue weighted by molar-refractivity contribution is -0.386. The largest absolute Gasteiger partial charge is 0.500 e. The standard InChI is InChI=1S/C28H23N3O7/c1-36-24-13-16(12-21(28(24)33)31(34)35)6-9-25(32)30-11-10-19-18-4-2-3-5-20(18)29-26(19)27(30)17-7-8-22-23(14-17)38-15-37-22/h2-9,12-14,27,29,33H,10-11,15H2,1H3/b9-6+. The predicted molar refractivity (Wildman–Crippen MR) is 138 cm³/mol. The van der Waals surface area contributed by atoms with Gasteiger partial charge in [-0.2, -0.15) is 0 Å². The van der Waals surface area contributed by atoms with Crippen molar-refractivity contribution in [1.29, 1.82) is 0 Å². The molecule has 10 nitrogen and oxygen atoms in total. The SMILES string of the molecule is COc1cc(/C=C/C(=O)N2CCc3c([nH]c4ccccc34)C2c2ccc3c(c2)OCO3)cc([N+](=O)[O-])c1O. The van der Waals surface area contributed by atoms with Crippen molar-refractivity contribution in [2.45, 2.75) is 12.5 Å². The average Bonchev–Trinajstić information content (AvgIpc) is 3.55. The van der Waals surface area contributed by atoms with Gasteiger partial charge in [0.15, 0.2) is 17.2 Å². The van der Waals surface area contributed by atoms with Crippen LogP contribution in [0.3, 0.4) is 0 Å². The summed E-state index contributed by atoms with van der Waals surface area (Å²) in [6, 6.07) is 15.9. The van der Waals surface area contributed by atoms with E-state index in [1.807, 2.05) is 36.4 Å². The lowest BCUT2D eigenvalue weighted by atomic mass is 9.92. The Labute approximate surface area is 216 Å². The monoisotopic (exact) mass is 513 g/mol. The molecule has 1 atom stereocenters. The third kappa shape index (κ3) is 3.86. The fourth-order valence-electron chi connectivity index (χ4n) is 5.18. The zero-order valence-corrected chi connectivity index (χ0v) is 20.3. The van der Waals surface area contributed by atoms with Crippen molar-refractivity contribution >= 4 is 28.6 Å². The molecule has 0 saturated carbocycles. The van der Waals surface area contributed by atoms with Crippen molar-refractivity contribution in [3.8, 4) is 23.0 Å². The van der Waals surface area contributed by atoms with E-state index in [1.165, 1.54) is 31.4 Å². The number of aromatic amines is 1. The first-order chi connectivity index (χ1) is 18.4. The summed E-state index contributed by atoms with van der Waals surface area (Å²) in [5.74, 6) is 0.391. The van der Waals surface area contributed by atoms with Gasteiger partial charge in [0.25, 0.3) is 0 Å². The second-order valence-electron chi connectivity index (χ2n) is 9.04. The molecule has 0 radical (unpaired) electrons. The number of phenolic OH excluding ortho intramolecular Hbond substituents is 1. The van der Waals surface area contributed by atoms with Crippen LogP contribution in [0.15, 0.2) is 60.7 Å². The van der Waals surface area contributed by atoms with Crippen LogP contribution in [0.5, 0.6) is 23.0 Å². The number of nitro groups is 1. The van der Waals surface area contributed by atoms with Crippen LogP contribution in [-0.2, 0) is 11.2 Å². The van der Waals surface area contributed by atoms with Crippen LogP contribution < -0.4 is 14.2 Å². The zero-order valence-electron chi connectivity index (χ0n) is 20.3. The van der Waals surface area contributed by atoms with E-state index < -0.39 is 22.4 Å². The number of nitrogens with zero attached hydrogens (tertiary/aromatic N) is 2. The quantitative estimate of drug-likeness (QED) is 0.225. The number of aromatic nitrogens is 1. The molecule has 0 saturated heterocycles. The van der Waals surface area contributed by atoms with E-state index in [1.54, 1.807) is 4.90 Å². The molecule has 1 aromatic heterocycles. The number of aromatic hydroxyl groups is 1. The maximum Gasteiger partial charge on any atom is 0.315 e. The Morgan fingerprint density at radius 3 is 2.82 bits per heavy atom. The molecule has 2 N–H and O–H groups in total. The second kappa shape index (κ2) is 9.15. The van der Waals surface area contributed by atoms with Gasteiger partial charge < -0.3 is 29.2 Å². The van der Waals surface area contributed by atoms with Crippen LogP contribution in [0.4, 0.5) is 5.69 Å². The molecule has 3 heterocycles. The summed E-state index contributed by atoms with van der Waals surface area (Å²) >= 11 is 0. The first-order valence-corrected chi connectivity index (χ1v) is 12.0. The molecule has 0 aliphatic carbocycles. The topological polar surface area (TPSA) is 127 Å². The minimum Gasteiger partial charge on any atom is -0.500 e. The van der Waals surface area contributed by atoms with Gasteiger partial charge in [0.05, 0.1) is 18.1 Å². The molecule has 10 heteroatoms. The first kappa shape index (κ1) is 23.4. The fraction of sp³-hybridized carbons (Fsp3) is 0.179. The van der Waals surface area contributed by atoms with Crippen LogP contribution >= 0.6 is 0 Å². The number of fused-ring (bicyclic) bond motifs is 4. The fourth-order valence-corrected chi connectivity index (χ4v) is 5.18. The smallest absolute Gasteiger partial charge is 0.315 e. The van der Waals surface area contributed by atoms with Gasteiger partial charge in [-0.3, -0.25) is 14.9 Å². The normalized spacial score (nSPS) is 16.1. The number of carbonyl (C=O) groups excluding carboxylic acids is 1. The van der Waals surface area contributed by atoms with Crippen LogP contribution in [0.2, 0.25) is 0 Å². The summed E-state index contributed by atoms with van der Waals surface area (Å²) in [5.41, 5.74) is 3.80. The Kier molecular flexibility index (Phi) is 5.64. The molecule has 3 aromatic carbocycles. The summed E-state index contributed by atoms with van der Waals surface area (Å²) in [6.07, 6.45) is 3.52. The number of nitro benzene ring substituents is 1. The molecular weight excluding hydrogens is 490 g/mol. The highest BCUT2D eigenvalue weighted by Crippen LogP contribution is 2.42. The number of rotatable bonds is 5. The minimum atomic E-state index is -0.700. The van der Waals surface area contributed by atoms with Crippen LogP contribution in [0.25, 0.3) is 17.0 Å². The van der Waals surface area contributed by atoms with Crippen molar-refractivity contribution in [3.05, 3.63) is 93.2 Å². The number of benzene rings is 3. The number of nitrogens with one attached hydrogen (secondary N) is 1. The Morgan fingerprint density at radius 2 is 2.00 bits per heavy atom. The van der Waals surface area contributed by atoms with Crippen molar-refractivity contribution in [2.24, 2.45) is 0 Å². The predicted octanol–water partition coefficient (Wildman–Crippen LogP) is 4.71. The van der Waals surface area contributed by atoms with Crippen molar-refractivity contribution in [1.82, 2.24) is 9.88 Å². The van der Waals surface area contributed by atoms with E-state index in [-0.39, 0.29) is 18.4 Å². The summed E-state index contributed by atoms with van der Waals surface area (Å²) in [6.45, 7) is 0.616. The zero-order chi connectivity index (χ0) is 26.4. The summed E-state index contributed by atoms with van der Waals surface area (Å²) in [7, 11) is 1.30. The van der Waals surface area contributed by atoms with Gasteiger partial charge in [-0.15, -0.1) is 0 Å². The van der Waals surface area contributed by atoms with Crippen molar-refractivity contribution in [2.75, 3.05) is 20.4 Å². The van der Waals surface area contributed by atoms with Gasteiger partial charge in [0.2, 0.25) is 18.4 Å². The highest BCUT2D eigenvalue weighted by molar-refractivity contribution is 5.94. The van der Waals surface area contributed by atoms with Gasteiger partial charge in [-0.25, -0.2) is 0 Å². The maximum absolute atomic E-state index is 13.6. The van der Waals surface area contributed by atoms with E-state index in [0.29, 0.717) is 30.0 Å². The third-order valence-corrected chi connectivity index (χ3v) is 6.94. The van der Waals surface area contributed by atoms with Gasteiger partial charge in [-0.05, 0) is 53.5 Å². The Bertz CT molecular complexity index is 1620. The Hall–Kier alpha value is -4.99. The number of hydrogen-bond donors (Lipinski definition) is 2. The first-order valence-electron chi connectivity index (χ1n) is 12.0. The molecule has 0 fully saturated rings. The van der Waals surface area contributed by atoms with Gasteiger partial charge in [0.1, 0.15) is 0 Å². The Balaban J connectivity index is 1.40. The number of phenols is 1. The number of hydrogen-bond acceptors (Lipinski definition) is 7. The third-order valence-electron chi connectivity index (χ3n) is 6.94. The molecule has 2 aliphatic rings. The maximum atomic E-state index is 13.6. The average molecular weight is 514 g/mol. The van der Waals surface area contributed by atoms with E-state index >= 15 is 0 Å². The summed E-state index contributed by atoms with van der Waals surface area (Å²) in [5, 5.41) is 22.5. The van der Waals surface area contributed by atoms with Gasteiger partial charge in [0, 0.05) is 35.3 Å². The number of methoxy groups -OCH3 is 1. The van der Waals surface area contributed by atoms with Gasteiger partial charge in [-0.1, -0.05) is 24.3 Å². The molecule has 1 amide bonds. The van der Waals surface area contributed by atoms with E-state index in [2.05, 4.69) is 11.1 Å². The number of para-hydroxylation sites is 1. The molecule has 4 aromatic rings. The van der Waals surface area contributed by atoms with Gasteiger partial charge >= 0.3 is 5.69 Å². The molecule has 38 heavy (non-hydrogen) atoms. The summed E-state index contributed by atoms with van der Waals surface area (Å²) < 4.78 is 16.1. The van der Waals surface area contributed by atoms with Crippen molar-refractivity contribution < 1.29 is 29.0 Å². The lowest BCUT2D eigenvalue weighted by Crippen LogP contribution is -2.39. The second-order valence-corrected chi connectivity index (χ2v) is 9.04. The molecule has 1 unspecified atom stereocenters. The van der Waals surface area contributed by atoms with E-state index in [4.69, 9.17) is 14.2 Å². The molecule has 0 bridgehead atoms. The molecular formula is C28H23N3O7. The molecule has 0 spiro atoms. The van der Waals surface area contributed by atoms with E-state index in [9.17, 15) is 20.0 Å². The number of carbonyl (C=O) groups is 1. The highest BCUT2D eigenvalue weighted by atomic mass is 16.7. The van der Waals surface area contributed by atoms with Crippen LogP contribution in [0.1, 0.15) is 28.4 Å². The van der Waals surface area contributed by atoms with Crippen molar-refractivity contribution in [3.63, 3.8) is 0 Å². The Morgan fingerprint density at radius 1 is 1.18 bits per heavy atom. The summed E-state index contributed by atoms with van der Waals surface area (Å²) in [4.78, 5) is 29.6. The highest BCUT2D eigenvalue weighted by Gasteiger charge is 2.34. The molecule has 192 valence electrons. The molecule has 2 aliphatic heterocycles. The number of amides is 1.